The van der Waals surface area contributed by atoms with Crippen molar-refractivity contribution in [2.45, 2.75) is 32.9 Å². The molecule has 6 nitrogen and oxygen atoms in total. The Hall–Kier alpha value is -3.19. The highest BCUT2D eigenvalue weighted by Crippen LogP contribution is 2.24. The molecule has 1 atom stereocenters. The molecule has 0 bridgehead atoms. The van der Waals surface area contributed by atoms with Gasteiger partial charge < -0.3 is 10.1 Å². The maximum atomic E-state index is 13.1. The molecule has 3 rings (SSSR count). The van der Waals surface area contributed by atoms with Crippen LogP contribution in [0, 0.1) is 19.7 Å². The number of amides is 1. The molecule has 31 heavy (non-hydrogen) atoms. The Morgan fingerprint density at radius 1 is 1.13 bits per heavy atom. The van der Waals surface area contributed by atoms with E-state index in [2.05, 4.69) is 10.4 Å². The van der Waals surface area contributed by atoms with E-state index in [4.69, 9.17) is 16.3 Å². The van der Waals surface area contributed by atoms with Crippen LogP contribution in [0.25, 0.3) is 0 Å². The predicted molar refractivity (Wildman–Crippen MR) is 115 cm³/mol. The summed E-state index contributed by atoms with van der Waals surface area (Å²) in [4.78, 5) is 25.0. The maximum absolute atomic E-state index is 13.1. The number of aryl methyl sites for hydroxylation is 2. The van der Waals surface area contributed by atoms with Gasteiger partial charge in [-0.05, 0) is 37.1 Å². The first-order valence-electron chi connectivity index (χ1n) is 9.70. The second-order valence-electron chi connectivity index (χ2n) is 7.25. The molecule has 0 saturated heterocycles. The third-order valence-electron chi connectivity index (χ3n) is 4.92. The van der Waals surface area contributed by atoms with Gasteiger partial charge in [-0.15, -0.1) is 0 Å². The molecule has 0 fully saturated rings. The molecule has 0 aliphatic heterocycles. The Morgan fingerprint density at radius 3 is 2.39 bits per heavy atom. The summed E-state index contributed by atoms with van der Waals surface area (Å²) in [6.45, 7) is 3.93. The van der Waals surface area contributed by atoms with E-state index >= 15 is 0 Å². The molecule has 3 aromatic rings. The zero-order chi connectivity index (χ0) is 22.5. The van der Waals surface area contributed by atoms with Crippen LogP contribution in [0.5, 0.6) is 0 Å². The Bertz CT molecular complexity index is 1080. The molecule has 162 valence electrons. The number of rotatable bonds is 7. The van der Waals surface area contributed by atoms with E-state index in [1.807, 2.05) is 31.2 Å². The summed E-state index contributed by atoms with van der Waals surface area (Å²) in [5.74, 6) is -1.22. The van der Waals surface area contributed by atoms with Crippen molar-refractivity contribution in [3.8, 4) is 0 Å². The largest absolute Gasteiger partial charge is 0.469 e. The Kier molecular flexibility index (Phi) is 7.07. The van der Waals surface area contributed by atoms with E-state index in [1.165, 1.54) is 23.9 Å². The molecule has 2 aromatic carbocycles. The molecule has 1 heterocycles. The summed E-state index contributed by atoms with van der Waals surface area (Å²) in [7, 11) is 1.30. The third-order valence-corrected chi connectivity index (χ3v) is 5.31. The standard InChI is InChI=1S/C23H23ClFN3O3/c1-14-4-8-17(9-5-14)19(12-20(29)31-3)26-23(30)21-15(2)27-28(22(21)24)13-16-6-10-18(25)11-7-16/h4-11,19H,12-13H2,1-3H3,(H,26,30). The fraction of sp³-hybridized carbons (Fsp3) is 0.261. The summed E-state index contributed by atoms with van der Waals surface area (Å²) in [6.07, 6.45) is -0.0221. The summed E-state index contributed by atoms with van der Waals surface area (Å²) in [5.41, 5.74) is 3.31. The average molecular weight is 444 g/mol. The molecule has 1 N–H and O–H groups in total. The SMILES string of the molecule is COC(=O)CC(NC(=O)c1c(C)nn(Cc2ccc(F)cc2)c1Cl)c1ccc(C)cc1. The number of hydrogen-bond acceptors (Lipinski definition) is 4. The molecule has 0 radical (unpaired) electrons. The minimum Gasteiger partial charge on any atom is -0.469 e. The second kappa shape index (κ2) is 9.75. The van der Waals surface area contributed by atoms with E-state index in [0.29, 0.717) is 5.69 Å². The quantitative estimate of drug-likeness (QED) is 0.550. The number of esters is 1. The Balaban J connectivity index is 1.84. The Morgan fingerprint density at radius 2 is 1.77 bits per heavy atom. The molecule has 1 aromatic heterocycles. The lowest BCUT2D eigenvalue weighted by Gasteiger charge is -2.18. The minimum atomic E-state index is -0.587. The molecule has 8 heteroatoms. The average Bonchev–Trinajstić information content (AvgIpc) is 3.02. The summed E-state index contributed by atoms with van der Waals surface area (Å²) in [5, 5.41) is 7.40. The van der Waals surface area contributed by atoms with Crippen molar-refractivity contribution in [1.82, 2.24) is 15.1 Å². The highest BCUT2D eigenvalue weighted by Gasteiger charge is 2.25. The summed E-state index contributed by atoms with van der Waals surface area (Å²) >= 11 is 6.46. The molecule has 0 spiro atoms. The van der Waals surface area contributed by atoms with Crippen LogP contribution in [0.4, 0.5) is 4.39 Å². The minimum absolute atomic E-state index is 0.0221. The first-order chi connectivity index (χ1) is 14.8. The highest BCUT2D eigenvalue weighted by atomic mass is 35.5. The van der Waals surface area contributed by atoms with Gasteiger partial charge in [-0.3, -0.25) is 9.59 Å². The molecule has 0 aliphatic rings. The molecule has 1 amide bonds. The van der Waals surface area contributed by atoms with Crippen LogP contribution in [0.1, 0.15) is 45.2 Å². The van der Waals surface area contributed by atoms with Gasteiger partial charge in [-0.1, -0.05) is 53.6 Å². The monoisotopic (exact) mass is 443 g/mol. The van der Waals surface area contributed by atoms with Gasteiger partial charge >= 0.3 is 5.97 Å². The van der Waals surface area contributed by atoms with Crippen molar-refractivity contribution in [3.05, 3.63) is 87.4 Å². The smallest absolute Gasteiger partial charge is 0.307 e. The van der Waals surface area contributed by atoms with Crippen LogP contribution in [-0.4, -0.2) is 28.8 Å². The van der Waals surface area contributed by atoms with Gasteiger partial charge in [0, 0.05) is 0 Å². The van der Waals surface area contributed by atoms with E-state index < -0.39 is 17.9 Å². The number of benzene rings is 2. The number of methoxy groups -OCH3 is 1. The zero-order valence-corrected chi connectivity index (χ0v) is 18.2. The number of ether oxygens (including phenoxy) is 1. The number of halogens is 2. The van der Waals surface area contributed by atoms with Gasteiger partial charge in [-0.2, -0.15) is 5.10 Å². The van der Waals surface area contributed by atoms with Gasteiger partial charge in [0.25, 0.3) is 5.91 Å². The predicted octanol–water partition coefficient (Wildman–Crippen LogP) is 4.37. The fourth-order valence-corrected chi connectivity index (χ4v) is 3.53. The van der Waals surface area contributed by atoms with E-state index in [0.717, 1.165) is 16.7 Å². The number of carbonyl (C=O) groups excluding carboxylic acids is 2. The van der Waals surface area contributed by atoms with Crippen molar-refractivity contribution in [1.29, 1.82) is 0 Å². The van der Waals surface area contributed by atoms with Crippen LogP contribution in [0.3, 0.4) is 0 Å². The first-order valence-corrected chi connectivity index (χ1v) is 10.1. The van der Waals surface area contributed by atoms with E-state index in [1.54, 1.807) is 19.1 Å². The van der Waals surface area contributed by atoms with Crippen LogP contribution in [0.2, 0.25) is 5.15 Å². The van der Waals surface area contributed by atoms with Crippen LogP contribution < -0.4 is 5.32 Å². The fourth-order valence-electron chi connectivity index (χ4n) is 3.21. The second-order valence-corrected chi connectivity index (χ2v) is 7.61. The number of nitrogens with zero attached hydrogens (tertiary/aromatic N) is 2. The normalized spacial score (nSPS) is 11.8. The van der Waals surface area contributed by atoms with E-state index in [9.17, 15) is 14.0 Å². The molecule has 0 aliphatic carbocycles. The lowest BCUT2D eigenvalue weighted by molar-refractivity contribution is -0.141. The van der Waals surface area contributed by atoms with Gasteiger partial charge in [0.2, 0.25) is 0 Å². The van der Waals surface area contributed by atoms with Gasteiger partial charge in [-0.25, -0.2) is 9.07 Å². The number of hydrogen-bond donors (Lipinski definition) is 1. The lowest BCUT2D eigenvalue weighted by atomic mass is 10.0. The molecular weight excluding hydrogens is 421 g/mol. The Labute approximate surface area is 185 Å². The maximum Gasteiger partial charge on any atom is 0.307 e. The third kappa shape index (κ3) is 5.49. The zero-order valence-electron chi connectivity index (χ0n) is 17.5. The van der Waals surface area contributed by atoms with Gasteiger partial charge in [0.15, 0.2) is 0 Å². The summed E-state index contributed by atoms with van der Waals surface area (Å²) in [6, 6.07) is 12.9. The van der Waals surface area contributed by atoms with Crippen molar-refractivity contribution in [3.63, 3.8) is 0 Å². The molecule has 0 saturated carbocycles. The van der Waals surface area contributed by atoms with Crippen molar-refractivity contribution >= 4 is 23.5 Å². The number of carbonyl (C=O) groups is 2. The first kappa shape index (κ1) is 22.5. The van der Waals surface area contributed by atoms with Crippen LogP contribution in [0.15, 0.2) is 48.5 Å². The van der Waals surface area contributed by atoms with Crippen molar-refractivity contribution < 1.29 is 18.7 Å². The number of aromatic nitrogens is 2. The molecule has 1 unspecified atom stereocenters. The van der Waals surface area contributed by atoms with E-state index in [-0.39, 0.29) is 29.5 Å². The lowest BCUT2D eigenvalue weighted by Crippen LogP contribution is -2.31. The van der Waals surface area contributed by atoms with Gasteiger partial charge in [0.05, 0.1) is 37.4 Å². The topological polar surface area (TPSA) is 73.2 Å². The van der Waals surface area contributed by atoms with Crippen LogP contribution >= 0.6 is 11.6 Å². The number of nitrogens with one attached hydrogen (secondary N) is 1. The van der Waals surface area contributed by atoms with Crippen molar-refractivity contribution in [2.75, 3.05) is 7.11 Å². The summed E-state index contributed by atoms with van der Waals surface area (Å²) < 4.78 is 19.4. The van der Waals surface area contributed by atoms with Crippen LogP contribution in [-0.2, 0) is 16.1 Å². The van der Waals surface area contributed by atoms with Gasteiger partial charge in [0.1, 0.15) is 11.0 Å². The molecular formula is C23H23ClFN3O3. The van der Waals surface area contributed by atoms with Crippen molar-refractivity contribution in [2.24, 2.45) is 0 Å². The highest BCUT2D eigenvalue weighted by molar-refractivity contribution is 6.33.